The van der Waals surface area contributed by atoms with Gasteiger partial charge in [-0.05, 0) is 67.3 Å². The second-order valence-corrected chi connectivity index (χ2v) is 7.64. The molecule has 0 atom stereocenters. The van der Waals surface area contributed by atoms with E-state index in [9.17, 15) is 4.79 Å². The smallest absolute Gasteiger partial charge is 0.254 e. The summed E-state index contributed by atoms with van der Waals surface area (Å²) in [6, 6.07) is 0. The van der Waals surface area contributed by atoms with Gasteiger partial charge in [0, 0.05) is 36.3 Å². The molecule has 2 aliphatic rings. The predicted molar refractivity (Wildman–Crippen MR) is 100 cm³/mol. The highest BCUT2D eigenvalue weighted by Crippen LogP contribution is 2.36. The van der Waals surface area contributed by atoms with E-state index >= 15 is 0 Å². The Kier molecular flexibility index (Phi) is 5.86. The minimum Gasteiger partial charge on any atom is -0.365 e. The molecule has 0 bridgehead atoms. The molecule has 1 saturated carbocycles. The molecular weight excluding hydrogens is 300 g/mol. The van der Waals surface area contributed by atoms with Crippen molar-refractivity contribution >= 4 is 12.6 Å². The van der Waals surface area contributed by atoms with Crippen LogP contribution in [0.15, 0.2) is 27.5 Å². The summed E-state index contributed by atoms with van der Waals surface area (Å²) in [4.78, 5) is 21.6. The van der Waals surface area contributed by atoms with Gasteiger partial charge in [-0.3, -0.25) is 4.79 Å². The largest absolute Gasteiger partial charge is 0.365 e. The zero-order valence-corrected chi connectivity index (χ0v) is 15.9. The van der Waals surface area contributed by atoms with Crippen LogP contribution in [0.4, 0.5) is 0 Å². The lowest BCUT2D eigenvalue weighted by atomic mass is 10.0. The lowest BCUT2D eigenvalue weighted by Gasteiger charge is -2.25. The summed E-state index contributed by atoms with van der Waals surface area (Å²) < 4.78 is 0. The number of likely N-dealkylation sites (N-methyl/N-ethyl adjacent to an activating group) is 1. The van der Waals surface area contributed by atoms with E-state index in [4.69, 9.17) is 0 Å². The number of rotatable bonds is 5. The average Bonchev–Trinajstić information content (AvgIpc) is 3.28. The third-order valence-corrected chi connectivity index (χ3v) is 5.03. The maximum atomic E-state index is 13.2. The normalized spacial score (nSPS) is 21.5. The SMILES string of the molecule is C=N/C(NC1(C)CC1)=C(\C)C(C(=O)N1CCCN(C)CC1)=C(C)C. The Morgan fingerprint density at radius 2 is 1.79 bits per heavy atom. The predicted octanol–water partition coefficient (Wildman–Crippen LogP) is 2.56. The van der Waals surface area contributed by atoms with Gasteiger partial charge in [0.25, 0.3) is 5.91 Å². The summed E-state index contributed by atoms with van der Waals surface area (Å²) in [6.45, 7) is 15.4. The van der Waals surface area contributed by atoms with E-state index in [0.717, 1.165) is 68.0 Å². The number of amides is 1. The van der Waals surface area contributed by atoms with Crippen molar-refractivity contribution in [2.24, 2.45) is 4.99 Å². The second kappa shape index (κ2) is 7.51. The summed E-state index contributed by atoms with van der Waals surface area (Å²) in [5.41, 5.74) is 2.82. The highest BCUT2D eigenvalue weighted by atomic mass is 16.2. The van der Waals surface area contributed by atoms with Crippen LogP contribution in [0.2, 0.25) is 0 Å². The number of carbonyl (C=O) groups excluding carboxylic acids is 1. The van der Waals surface area contributed by atoms with Crippen molar-refractivity contribution < 1.29 is 4.79 Å². The van der Waals surface area contributed by atoms with E-state index in [1.165, 1.54) is 0 Å². The Labute approximate surface area is 146 Å². The van der Waals surface area contributed by atoms with Crippen molar-refractivity contribution in [2.75, 3.05) is 33.2 Å². The molecule has 0 aromatic carbocycles. The first-order chi connectivity index (χ1) is 11.3. The van der Waals surface area contributed by atoms with Crippen LogP contribution < -0.4 is 5.32 Å². The van der Waals surface area contributed by atoms with E-state index < -0.39 is 0 Å². The van der Waals surface area contributed by atoms with Gasteiger partial charge in [0.1, 0.15) is 5.82 Å². The summed E-state index contributed by atoms with van der Waals surface area (Å²) in [6.07, 6.45) is 3.29. The van der Waals surface area contributed by atoms with E-state index in [2.05, 4.69) is 35.9 Å². The Morgan fingerprint density at radius 1 is 1.12 bits per heavy atom. The molecule has 5 nitrogen and oxygen atoms in total. The quantitative estimate of drug-likeness (QED) is 0.478. The van der Waals surface area contributed by atoms with E-state index in [1.807, 2.05) is 25.7 Å². The molecule has 24 heavy (non-hydrogen) atoms. The molecule has 134 valence electrons. The van der Waals surface area contributed by atoms with Gasteiger partial charge < -0.3 is 15.1 Å². The summed E-state index contributed by atoms with van der Waals surface area (Å²) in [5.74, 6) is 0.859. The molecule has 1 amide bonds. The number of carbonyl (C=O) groups is 1. The molecule has 2 rings (SSSR count). The van der Waals surface area contributed by atoms with Crippen molar-refractivity contribution in [2.45, 2.75) is 52.5 Å². The highest BCUT2D eigenvalue weighted by Gasteiger charge is 2.38. The average molecular weight is 332 g/mol. The van der Waals surface area contributed by atoms with Crippen LogP contribution in [0.3, 0.4) is 0 Å². The molecule has 0 unspecified atom stereocenters. The van der Waals surface area contributed by atoms with Crippen molar-refractivity contribution in [3.63, 3.8) is 0 Å². The van der Waals surface area contributed by atoms with Gasteiger partial charge in [-0.1, -0.05) is 5.57 Å². The molecule has 0 spiro atoms. The van der Waals surface area contributed by atoms with Crippen molar-refractivity contribution in [3.8, 4) is 0 Å². The number of allylic oxidation sites excluding steroid dienone is 1. The Bertz CT molecular complexity index is 568. The first-order valence-corrected chi connectivity index (χ1v) is 8.89. The van der Waals surface area contributed by atoms with Crippen LogP contribution in [0, 0.1) is 0 Å². The van der Waals surface area contributed by atoms with Crippen molar-refractivity contribution in [3.05, 3.63) is 22.5 Å². The van der Waals surface area contributed by atoms with E-state index in [1.54, 1.807) is 0 Å². The zero-order chi connectivity index (χ0) is 17.9. The first kappa shape index (κ1) is 18.7. The minimum absolute atomic E-state index is 0.110. The topological polar surface area (TPSA) is 47.9 Å². The molecule has 2 fully saturated rings. The molecule has 1 heterocycles. The molecule has 5 heteroatoms. The fourth-order valence-corrected chi connectivity index (χ4v) is 3.13. The third kappa shape index (κ3) is 4.47. The summed E-state index contributed by atoms with van der Waals surface area (Å²) >= 11 is 0. The maximum absolute atomic E-state index is 13.2. The van der Waals surface area contributed by atoms with Crippen molar-refractivity contribution in [1.29, 1.82) is 0 Å². The van der Waals surface area contributed by atoms with Crippen LogP contribution in [-0.2, 0) is 4.79 Å². The molecule has 1 aliphatic carbocycles. The Hall–Kier alpha value is -1.62. The summed E-state index contributed by atoms with van der Waals surface area (Å²) in [7, 11) is 2.11. The third-order valence-electron chi connectivity index (χ3n) is 5.03. The highest BCUT2D eigenvalue weighted by molar-refractivity contribution is 5.98. The molecule has 1 saturated heterocycles. The lowest BCUT2D eigenvalue weighted by Crippen LogP contribution is -2.36. The number of hydrogen-bond donors (Lipinski definition) is 1. The van der Waals surface area contributed by atoms with Gasteiger partial charge in [0.05, 0.1) is 0 Å². The van der Waals surface area contributed by atoms with E-state index in [-0.39, 0.29) is 11.4 Å². The molecule has 0 radical (unpaired) electrons. The number of hydrogen-bond acceptors (Lipinski definition) is 4. The van der Waals surface area contributed by atoms with Gasteiger partial charge in [-0.15, -0.1) is 0 Å². The minimum atomic E-state index is 0.110. The van der Waals surface area contributed by atoms with Crippen molar-refractivity contribution in [1.82, 2.24) is 15.1 Å². The molecule has 0 aromatic rings. The molecular formula is C19H32N4O. The van der Waals surface area contributed by atoms with Gasteiger partial charge in [0.2, 0.25) is 0 Å². The van der Waals surface area contributed by atoms with Gasteiger partial charge >= 0.3 is 0 Å². The molecule has 1 N–H and O–H groups in total. The van der Waals surface area contributed by atoms with Gasteiger partial charge in [-0.25, -0.2) is 4.99 Å². The Balaban J connectivity index is 2.26. The monoisotopic (exact) mass is 332 g/mol. The number of aliphatic imine (C=N–C) groups is 1. The fraction of sp³-hybridized carbons (Fsp3) is 0.684. The first-order valence-electron chi connectivity index (χ1n) is 8.89. The molecule has 0 aromatic heterocycles. The van der Waals surface area contributed by atoms with Crippen LogP contribution in [0.5, 0.6) is 0 Å². The number of nitrogens with zero attached hydrogens (tertiary/aromatic N) is 3. The Morgan fingerprint density at radius 3 is 2.33 bits per heavy atom. The lowest BCUT2D eigenvalue weighted by molar-refractivity contribution is -0.126. The number of nitrogens with one attached hydrogen (secondary N) is 1. The summed E-state index contributed by atoms with van der Waals surface area (Å²) in [5, 5.41) is 3.47. The van der Waals surface area contributed by atoms with Crippen LogP contribution in [0.1, 0.15) is 47.0 Å². The second-order valence-electron chi connectivity index (χ2n) is 7.64. The zero-order valence-electron chi connectivity index (χ0n) is 15.9. The van der Waals surface area contributed by atoms with Crippen LogP contribution in [-0.4, -0.2) is 61.2 Å². The van der Waals surface area contributed by atoms with E-state index in [0.29, 0.717) is 0 Å². The maximum Gasteiger partial charge on any atom is 0.254 e. The van der Waals surface area contributed by atoms with Gasteiger partial charge in [-0.2, -0.15) is 0 Å². The van der Waals surface area contributed by atoms with Gasteiger partial charge in [0.15, 0.2) is 0 Å². The standard InChI is InChI=1S/C19H32N4O/c1-14(2)16(15(3)17(20-5)21-19(4)8-9-19)18(24)23-11-7-10-22(6)12-13-23/h21H,5,7-13H2,1-4,6H3/b17-15-. The molecule has 1 aliphatic heterocycles. The van der Waals surface area contributed by atoms with Crippen LogP contribution in [0.25, 0.3) is 0 Å². The van der Waals surface area contributed by atoms with Crippen LogP contribution >= 0.6 is 0 Å². The fourth-order valence-electron chi connectivity index (χ4n) is 3.13.